The molecule has 0 atom stereocenters. The lowest BCUT2D eigenvalue weighted by atomic mass is 10.2. The van der Waals surface area contributed by atoms with Crippen LogP contribution in [-0.4, -0.2) is 8.42 Å². The lowest BCUT2D eigenvalue weighted by Gasteiger charge is -2.05. The van der Waals surface area contributed by atoms with Crippen molar-refractivity contribution in [3.05, 3.63) is 60.2 Å². The Morgan fingerprint density at radius 3 is 2.40 bits per heavy atom. The van der Waals surface area contributed by atoms with Crippen molar-refractivity contribution in [2.24, 2.45) is 0 Å². The number of fused-ring (bicyclic) bond motifs is 1. The van der Waals surface area contributed by atoms with Gasteiger partial charge in [0.05, 0.1) is 4.90 Å². The van der Waals surface area contributed by atoms with Crippen molar-refractivity contribution >= 4 is 26.9 Å². The van der Waals surface area contributed by atoms with Crippen molar-refractivity contribution in [3.8, 4) is 0 Å². The fourth-order valence-corrected chi connectivity index (χ4v) is 2.92. The van der Waals surface area contributed by atoms with E-state index in [0.29, 0.717) is 5.58 Å². The Bertz CT molecular complexity index is 815. The molecule has 1 N–H and O–H groups in total. The largest absolute Gasteiger partial charge is 0.440 e. The van der Waals surface area contributed by atoms with E-state index >= 15 is 0 Å². The minimum Gasteiger partial charge on any atom is -0.440 e. The fourth-order valence-electron chi connectivity index (χ4n) is 1.94. The highest BCUT2D eigenvalue weighted by Gasteiger charge is 2.16. The number of nitrogens with one attached hydrogen (secondary N) is 1. The number of hydrogen-bond acceptors (Lipinski definition) is 3. The Morgan fingerprint density at radius 1 is 1.00 bits per heavy atom. The second-order valence-electron chi connectivity index (χ2n) is 4.57. The zero-order chi connectivity index (χ0) is 14.2. The minimum absolute atomic E-state index is 0.212. The monoisotopic (exact) mass is 287 g/mol. The highest BCUT2D eigenvalue weighted by atomic mass is 32.2. The molecule has 5 heteroatoms. The van der Waals surface area contributed by atoms with Gasteiger partial charge in [-0.2, -0.15) is 0 Å². The van der Waals surface area contributed by atoms with Crippen LogP contribution in [0.3, 0.4) is 0 Å². The van der Waals surface area contributed by atoms with Gasteiger partial charge in [-0.1, -0.05) is 35.9 Å². The lowest BCUT2D eigenvalue weighted by molar-refractivity contribution is 0.594. The molecular formula is C15H13NO3S. The molecule has 0 radical (unpaired) electrons. The van der Waals surface area contributed by atoms with Gasteiger partial charge in [0.25, 0.3) is 10.0 Å². The molecule has 0 fully saturated rings. The lowest BCUT2D eigenvalue weighted by Crippen LogP contribution is -2.12. The summed E-state index contributed by atoms with van der Waals surface area (Å²) in [5.74, 6) is 0.215. The number of sulfonamides is 1. The molecule has 0 amide bonds. The Morgan fingerprint density at radius 2 is 1.70 bits per heavy atom. The number of para-hydroxylation sites is 1. The molecule has 2 aromatic carbocycles. The highest BCUT2D eigenvalue weighted by molar-refractivity contribution is 7.92. The first-order chi connectivity index (χ1) is 9.54. The van der Waals surface area contributed by atoms with E-state index in [1.165, 1.54) is 0 Å². The van der Waals surface area contributed by atoms with Crippen molar-refractivity contribution in [2.45, 2.75) is 11.8 Å². The van der Waals surface area contributed by atoms with Crippen LogP contribution in [0.1, 0.15) is 5.56 Å². The van der Waals surface area contributed by atoms with Gasteiger partial charge in [-0.15, -0.1) is 0 Å². The summed E-state index contributed by atoms with van der Waals surface area (Å²) in [6, 6.07) is 15.7. The number of aryl methyl sites for hydroxylation is 1. The second kappa shape index (κ2) is 4.68. The Hall–Kier alpha value is -2.27. The summed E-state index contributed by atoms with van der Waals surface area (Å²) in [7, 11) is -3.62. The average Bonchev–Trinajstić information content (AvgIpc) is 2.80. The quantitative estimate of drug-likeness (QED) is 0.801. The molecule has 0 aliphatic carbocycles. The van der Waals surface area contributed by atoms with E-state index in [-0.39, 0.29) is 10.8 Å². The third-order valence-corrected chi connectivity index (χ3v) is 4.35. The first kappa shape index (κ1) is 12.7. The third-order valence-electron chi connectivity index (χ3n) is 2.99. The van der Waals surface area contributed by atoms with Crippen LogP contribution in [0.15, 0.2) is 63.9 Å². The van der Waals surface area contributed by atoms with E-state index in [9.17, 15) is 8.42 Å². The summed E-state index contributed by atoms with van der Waals surface area (Å²) >= 11 is 0. The van der Waals surface area contributed by atoms with Crippen LogP contribution < -0.4 is 4.72 Å². The number of rotatable bonds is 3. The maximum absolute atomic E-state index is 12.2. The van der Waals surface area contributed by atoms with Gasteiger partial charge in [-0.25, -0.2) is 13.1 Å². The van der Waals surface area contributed by atoms with Crippen LogP contribution in [0.2, 0.25) is 0 Å². The molecule has 4 nitrogen and oxygen atoms in total. The van der Waals surface area contributed by atoms with Gasteiger partial charge in [0.1, 0.15) is 5.58 Å². The predicted molar refractivity (Wildman–Crippen MR) is 78.2 cm³/mol. The standard InChI is InChI=1S/C15H13NO3S/c1-11-6-8-13(9-7-11)20(17,18)16-15-10-12-4-2-3-5-14(12)19-15/h2-10,16H,1H3. The normalized spacial score (nSPS) is 11.7. The van der Waals surface area contributed by atoms with E-state index < -0.39 is 10.0 Å². The number of hydrogen-bond donors (Lipinski definition) is 1. The smallest absolute Gasteiger partial charge is 0.264 e. The predicted octanol–water partition coefficient (Wildman–Crippen LogP) is 3.54. The number of furan rings is 1. The van der Waals surface area contributed by atoms with Crippen LogP contribution in [0.5, 0.6) is 0 Å². The minimum atomic E-state index is -3.62. The van der Waals surface area contributed by atoms with Crippen molar-refractivity contribution in [3.63, 3.8) is 0 Å². The molecular weight excluding hydrogens is 274 g/mol. The zero-order valence-corrected chi connectivity index (χ0v) is 11.6. The van der Waals surface area contributed by atoms with Gasteiger partial charge in [0.2, 0.25) is 5.88 Å². The maximum Gasteiger partial charge on any atom is 0.264 e. The van der Waals surface area contributed by atoms with E-state index in [2.05, 4.69) is 4.72 Å². The number of benzene rings is 2. The topological polar surface area (TPSA) is 59.3 Å². The van der Waals surface area contributed by atoms with Gasteiger partial charge in [0.15, 0.2) is 0 Å². The molecule has 20 heavy (non-hydrogen) atoms. The molecule has 0 aliphatic heterocycles. The van der Waals surface area contributed by atoms with Gasteiger partial charge in [-0.3, -0.25) is 0 Å². The van der Waals surface area contributed by atoms with Gasteiger partial charge >= 0.3 is 0 Å². The van der Waals surface area contributed by atoms with Crippen LogP contribution in [-0.2, 0) is 10.0 Å². The summed E-state index contributed by atoms with van der Waals surface area (Å²) < 4.78 is 32.3. The molecule has 1 heterocycles. The Balaban J connectivity index is 1.94. The highest BCUT2D eigenvalue weighted by Crippen LogP contribution is 2.24. The van der Waals surface area contributed by atoms with E-state index in [4.69, 9.17) is 4.42 Å². The van der Waals surface area contributed by atoms with E-state index in [1.807, 2.05) is 25.1 Å². The summed E-state index contributed by atoms with van der Waals surface area (Å²) in [6.07, 6.45) is 0. The third kappa shape index (κ3) is 2.40. The van der Waals surface area contributed by atoms with Gasteiger partial charge < -0.3 is 4.42 Å². The molecule has 1 aromatic heterocycles. The van der Waals surface area contributed by atoms with Gasteiger partial charge in [0, 0.05) is 11.5 Å². The first-order valence-corrected chi connectivity index (χ1v) is 7.61. The summed E-state index contributed by atoms with van der Waals surface area (Å²) in [5, 5.41) is 0.856. The molecule has 3 rings (SSSR count). The van der Waals surface area contributed by atoms with E-state index in [1.54, 1.807) is 36.4 Å². The molecule has 0 saturated heterocycles. The van der Waals surface area contributed by atoms with Crippen LogP contribution in [0.4, 0.5) is 5.88 Å². The SMILES string of the molecule is Cc1ccc(S(=O)(=O)Nc2cc3ccccc3o2)cc1. The molecule has 3 aromatic rings. The van der Waals surface area contributed by atoms with Gasteiger partial charge in [-0.05, 0) is 25.1 Å². The molecule has 0 aliphatic rings. The maximum atomic E-state index is 12.2. The molecule has 0 saturated carbocycles. The van der Waals surface area contributed by atoms with Crippen LogP contribution in [0, 0.1) is 6.92 Å². The Kier molecular flexibility index (Phi) is 2.99. The van der Waals surface area contributed by atoms with Crippen LogP contribution in [0.25, 0.3) is 11.0 Å². The van der Waals surface area contributed by atoms with Crippen LogP contribution >= 0.6 is 0 Å². The van der Waals surface area contributed by atoms with Crippen molar-refractivity contribution in [1.82, 2.24) is 0 Å². The molecule has 0 unspecified atom stereocenters. The van der Waals surface area contributed by atoms with Crippen molar-refractivity contribution in [1.29, 1.82) is 0 Å². The van der Waals surface area contributed by atoms with E-state index in [0.717, 1.165) is 10.9 Å². The first-order valence-electron chi connectivity index (χ1n) is 6.13. The number of anilines is 1. The average molecular weight is 287 g/mol. The summed E-state index contributed by atoms with van der Waals surface area (Å²) in [5.41, 5.74) is 1.65. The summed E-state index contributed by atoms with van der Waals surface area (Å²) in [4.78, 5) is 0.212. The molecule has 102 valence electrons. The summed E-state index contributed by atoms with van der Waals surface area (Å²) in [6.45, 7) is 1.91. The fraction of sp³-hybridized carbons (Fsp3) is 0.0667. The Labute approximate surface area is 117 Å². The zero-order valence-electron chi connectivity index (χ0n) is 10.8. The molecule has 0 spiro atoms. The molecule has 0 bridgehead atoms. The second-order valence-corrected chi connectivity index (χ2v) is 6.25. The van der Waals surface area contributed by atoms with Crippen molar-refractivity contribution < 1.29 is 12.8 Å². The van der Waals surface area contributed by atoms with Crippen molar-refractivity contribution in [2.75, 3.05) is 4.72 Å².